The highest BCUT2D eigenvalue weighted by atomic mass is 32.2. The van der Waals surface area contributed by atoms with Crippen molar-refractivity contribution in [3.05, 3.63) is 36.8 Å². The van der Waals surface area contributed by atoms with Gasteiger partial charge in [-0.15, -0.1) is 0 Å². The van der Waals surface area contributed by atoms with Gasteiger partial charge in [0.2, 0.25) is 0 Å². The topological polar surface area (TPSA) is 34.1 Å². The van der Waals surface area contributed by atoms with Gasteiger partial charge in [-0.25, -0.2) is 8.42 Å². The van der Waals surface area contributed by atoms with E-state index in [0.29, 0.717) is 16.9 Å². The zero-order valence-corrected chi connectivity index (χ0v) is 8.76. The van der Waals surface area contributed by atoms with Crippen molar-refractivity contribution in [1.82, 2.24) is 0 Å². The van der Waals surface area contributed by atoms with Crippen molar-refractivity contribution in [2.75, 3.05) is 6.26 Å². The van der Waals surface area contributed by atoms with Crippen molar-refractivity contribution in [3.63, 3.8) is 0 Å². The summed E-state index contributed by atoms with van der Waals surface area (Å²) in [7, 11) is -3.13. The Morgan fingerprint density at radius 1 is 1.43 bits per heavy atom. The molecule has 0 saturated carbocycles. The first-order chi connectivity index (χ1) is 6.54. The van der Waals surface area contributed by atoms with Crippen molar-refractivity contribution in [1.29, 1.82) is 0 Å². The predicted octanol–water partition coefficient (Wildman–Crippen LogP) is 1.67. The summed E-state index contributed by atoms with van der Waals surface area (Å²) in [5, 5.41) is 0. The van der Waals surface area contributed by atoms with Crippen molar-refractivity contribution in [2.24, 2.45) is 0 Å². The molecular weight excluding hydrogens is 196 g/mol. The molecule has 1 aromatic rings. The van der Waals surface area contributed by atoms with E-state index in [9.17, 15) is 8.42 Å². The molecule has 0 N–H and O–H groups in total. The van der Waals surface area contributed by atoms with E-state index >= 15 is 0 Å². The summed E-state index contributed by atoms with van der Waals surface area (Å²) in [5.74, 6) is 5.62. The molecule has 0 heterocycles. The summed E-state index contributed by atoms with van der Waals surface area (Å²) < 4.78 is 22.4. The van der Waals surface area contributed by atoms with Crippen LogP contribution in [0.3, 0.4) is 0 Å². The third-order valence-electron chi connectivity index (χ3n) is 1.62. The SMILES string of the molecule is [CH2]CC#Cc1cccc(S(C)(=O)=O)c1. The molecule has 0 atom stereocenters. The van der Waals surface area contributed by atoms with E-state index in [1.165, 1.54) is 6.26 Å². The summed E-state index contributed by atoms with van der Waals surface area (Å²) in [5.41, 5.74) is 0.705. The van der Waals surface area contributed by atoms with Crippen LogP contribution < -0.4 is 0 Å². The summed E-state index contributed by atoms with van der Waals surface area (Å²) in [6, 6.07) is 6.59. The standard InChI is InChI=1S/C11H11O2S/c1-3-4-6-10-7-5-8-11(9-10)14(2,12)13/h5,7-9H,1,3H2,2H3. The molecule has 1 radical (unpaired) electrons. The quantitative estimate of drug-likeness (QED) is 0.656. The van der Waals surface area contributed by atoms with Crippen molar-refractivity contribution in [3.8, 4) is 11.8 Å². The van der Waals surface area contributed by atoms with Crippen LogP contribution in [0, 0.1) is 18.8 Å². The molecule has 3 heteroatoms. The van der Waals surface area contributed by atoms with Crippen LogP contribution >= 0.6 is 0 Å². The van der Waals surface area contributed by atoms with Gasteiger partial charge in [0.1, 0.15) is 0 Å². The minimum atomic E-state index is -3.13. The Morgan fingerprint density at radius 3 is 2.71 bits per heavy atom. The molecule has 0 amide bonds. The van der Waals surface area contributed by atoms with Crippen LogP contribution in [0.1, 0.15) is 12.0 Å². The van der Waals surface area contributed by atoms with E-state index in [4.69, 9.17) is 0 Å². The molecule has 0 aliphatic carbocycles. The lowest BCUT2D eigenvalue weighted by Gasteiger charge is -1.97. The van der Waals surface area contributed by atoms with Gasteiger partial charge in [-0.05, 0) is 25.1 Å². The Kier molecular flexibility index (Phi) is 3.32. The second-order valence-electron chi connectivity index (χ2n) is 2.85. The molecule has 73 valence electrons. The average Bonchev–Trinajstić information content (AvgIpc) is 2.14. The van der Waals surface area contributed by atoms with Crippen molar-refractivity contribution in [2.45, 2.75) is 11.3 Å². The first kappa shape index (κ1) is 10.8. The van der Waals surface area contributed by atoms with E-state index in [1.807, 2.05) is 0 Å². The molecule has 0 unspecified atom stereocenters. The predicted molar refractivity (Wildman–Crippen MR) is 56.4 cm³/mol. The van der Waals surface area contributed by atoms with Gasteiger partial charge in [-0.1, -0.05) is 17.9 Å². The van der Waals surface area contributed by atoms with E-state index < -0.39 is 9.84 Å². The van der Waals surface area contributed by atoms with Crippen LogP contribution in [0.4, 0.5) is 0 Å². The van der Waals surface area contributed by atoms with Gasteiger partial charge in [0.25, 0.3) is 0 Å². The molecular formula is C11H11O2S. The number of benzene rings is 1. The fourth-order valence-corrected chi connectivity index (χ4v) is 1.64. The molecule has 0 spiro atoms. The van der Waals surface area contributed by atoms with E-state index in [-0.39, 0.29) is 0 Å². The molecule has 0 aromatic heterocycles. The smallest absolute Gasteiger partial charge is 0.175 e. The lowest BCUT2D eigenvalue weighted by molar-refractivity contribution is 0.602. The maximum Gasteiger partial charge on any atom is 0.175 e. The molecule has 0 bridgehead atoms. The zero-order valence-electron chi connectivity index (χ0n) is 7.95. The minimum absolute atomic E-state index is 0.299. The Hall–Kier alpha value is -1.27. The number of sulfone groups is 1. The molecule has 0 fully saturated rings. The Bertz CT molecular complexity index is 475. The van der Waals surface area contributed by atoms with Gasteiger partial charge < -0.3 is 0 Å². The van der Waals surface area contributed by atoms with Gasteiger partial charge in [-0.3, -0.25) is 0 Å². The average molecular weight is 207 g/mol. The van der Waals surface area contributed by atoms with Crippen LogP contribution in [-0.2, 0) is 9.84 Å². The highest BCUT2D eigenvalue weighted by Gasteiger charge is 2.05. The van der Waals surface area contributed by atoms with Gasteiger partial charge in [0.05, 0.1) is 4.90 Å². The summed E-state index contributed by atoms with van der Waals surface area (Å²) in [4.78, 5) is 0.299. The van der Waals surface area contributed by atoms with Crippen molar-refractivity contribution < 1.29 is 8.42 Å². The number of hydrogen-bond acceptors (Lipinski definition) is 2. The molecule has 14 heavy (non-hydrogen) atoms. The maximum absolute atomic E-state index is 11.2. The molecule has 1 rings (SSSR count). The highest BCUT2D eigenvalue weighted by Crippen LogP contribution is 2.10. The Balaban J connectivity index is 3.14. The molecule has 1 aromatic carbocycles. The van der Waals surface area contributed by atoms with Gasteiger partial charge in [0.15, 0.2) is 9.84 Å². The normalized spacial score (nSPS) is 10.4. The monoisotopic (exact) mass is 207 g/mol. The van der Waals surface area contributed by atoms with Crippen LogP contribution in [0.25, 0.3) is 0 Å². The van der Waals surface area contributed by atoms with E-state index in [0.717, 1.165) is 0 Å². The second-order valence-corrected chi connectivity index (χ2v) is 4.87. The van der Waals surface area contributed by atoms with Gasteiger partial charge >= 0.3 is 0 Å². The largest absolute Gasteiger partial charge is 0.224 e. The Labute approximate surface area is 84.9 Å². The first-order valence-corrected chi connectivity index (χ1v) is 6.01. The fourth-order valence-electron chi connectivity index (χ4n) is 0.969. The van der Waals surface area contributed by atoms with E-state index in [1.54, 1.807) is 24.3 Å². The van der Waals surface area contributed by atoms with Crippen molar-refractivity contribution >= 4 is 9.84 Å². The molecule has 2 nitrogen and oxygen atoms in total. The fraction of sp³-hybridized carbons (Fsp3) is 0.182. The summed E-state index contributed by atoms with van der Waals surface area (Å²) >= 11 is 0. The third kappa shape index (κ3) is 2.90. The van der Waals surface area contributed by atoms with Crippen LogP contribution in [-0.4, -0.2) is 14.7 Å². The summed E-state index contributed by atoms with van der Waals surface area (Å²) in [6.45, 7) is 3.58. The molecule has 0 aliphatic rings. The lowest BCUT2D eigenvalue weighted by Crippen LogP contribution is -1.96. The third-order valence-corrected chi connectivity index (χ3v) is 2.73. The van der Waals surface area contributed by atoms with Gasteiger partial charge in [-0.2, -0.15) is 0 Å². The van der Waals surface area contributed by atoms with Gasteiger partial charge in [0, 0.05) is 18.2 Å². The second kappa shape index (κ2) is 4.30. The van der Waals surface area contributed by atoms with E-state index in [2.05, 4.69) is 18.8 Å². The number of rotatable bonds is 1. The molecule has 0 aliphatic heterocycles. The molecule has 0 saturated heterocycles. The van der Waals surface area contributed by atoms with Crippen LogP contribution in [0.15, 0.2) is 29.2 Å². The first-order valence-electron chi connectivity index (χ1n) is 4.12. The summed E-state index contributed by atoms with van der Waals surface area (Å²) in [6.07, 6.45) is 1.70. The Morgan fingerprint density at radius 2 is 2.14 bits per heavy atom. The highest BCUT2D eigenvalue weighted by molar-refractivity contribution is 7.90. The lowest BCUT2D eigenvalue weighted by atomic mass is 10.2. The van der Waals surface area contributed by atoms with Crippen LogP contribution in [0.5, 0.6) is 0 Å². The zero-order chi connectivity index (χ0) is 10.6. The van der Waals surface area contributed by atoms with Crippen LogP contribution in [0.2, 0.25) is 0 Å². The minimum Gasteiger partial charge on any atom is -0.224 e. The maximum atomic E-state index is 11.2. The number of hydrogen-bond donors (Lipinski definition) is 0.